The topological polar surface area (TPSA) is 68.5 Å². The first-order valence-electron chi connectivity index (χ1n) is 10.8. The smallest absolute Gasteiger partial charge is 0.267 e. The summed E-state index contributed by atoms with van der Waals surface area (Å²) in [6.07, 6.45) is 0. The van der Waals surface area contributed by atoms with Gasteiger partial charge in [-0.05, 0) is 61.9 Å². The first-order chi connectivity index (χ1) is 16.5. The van der Waals surface area contributed by atoms with Crippen molar-refractivity contribution in [3.8, 4) is 5.75 Å². The average molecular weight is 490 g/mol. The monoisotopic (exact) mass is 489 g/mol. The maximum Gasteiger partial charge on any atom is 0.267 e. The fourth-order valence-electron chi connectivity index (χ4n) is 3.82. The third kappa shape index (κ3) is 3.95. The van der Waals surface area contributed by atoms with Gasteiger partial charge in [-0.25, -0.2) is 0 Å². The molecule has 0 saturated heterocycles. The zero-order valence-electron chi connectivity index (χ0n) is 18.5. The van der Waals surface area contributed by atoms with E-state index < -0.39 is 5.91 Å². The highest BCUT2D eigenvalue weighted by Gasteiger charge is 2.25. The molecule has 0 fully saturated rings. The van der Waals surface area contributed by atoms with Crippen molar-refractivity contribution >= 4 is 61.4 Å². The van der Waals surface area contributed by atoms with Gasteiger partial charge in [0, 0.05) is 21.0 Å². The summed E-state index contributed by atoms with van der Waals surface area (Å²) in [6, 6.07) is 19.9. The summed E-state index contributed by atoms with van der Waals surface area (Å²) in [5.41, 5.74) is 2.34. The Hall–Kier alpha value is -3.61. The first-order valence-corrected chi connectivity index (χ1v) is 11.9. The van der Waals surface area contributed by atoms with Crippen LogP contribution in [0.25, 0.3) is 21.1 Å². The van der Waals surface area contributed by atoms with Gasteiger partial charge in [0.2, 0.25) is 5.78 Å². The van der Waals surface area contributed by atoms with Crippen molar-refractivity contribution in [2.24, 2.45) is 0 Å². The van der Waals surface area contributed by atoms with Crippen molar-refractivity contribution in [1.82, 2.24) is 0 Å². The molecule has 0 aliphatic carbocycles. The van der Waals surface area contributed by atoms with Crippen molar-refractivity contribution in [1.29, 1.82) is 0 Å². The number of nitrogens with one attached hydrogen (secondary N) is 1. The number of para-hydroxylation sites is 1. The van der Waals surface area contributed by atoms with Crippen LogP contribution in [0.2, 0.25) is 5.02 Å². The van der Waals surface area contributed by atoms with Crippen LogP contribution < -0.4 is 10.1 Å². The maximum atomic E-state index is 13.4. The molecule has 0 spiro atoms. The summed E-state index contributed by atoms with van der Waals surface area (Å²) in [6.45, 7) is 4.42. The Morgan fingerprint density at radius 1 is 1.03 bits per heavy atom. The van der Waals surface area contributed by atoms with Gasteiger partial charge in [-0.2, -0.15) is 0 Å². The third-order valence-electron chi connectivity index (χ3n) is 5.46. The predicted molar refractivity (Wildman–Crippen MR) is 137 cm³/mol. The Labute approximate surface area is 204 Å². The minimum Gasteiger partial charge on any atom is -0.494 e. The summed E-state index contributed by atoms with van der Waals surface area (Å²) in [7, 11) is 0. The number of carbonyl (C=O) groups excluding carboxylic acids is 2. The van der Waals surface area contributed by atoms with Crippen molar-refractivity contribution < 1.29 is 18.7 Å². The lowest BCUT2D eigenvalue weighted by Crippen LogP contribution is -2.13. The summed E-state index contributed by atoms with van der Waals surface area (Å²) in [5, 5.41) is 4.75. The summed E-state index contributed by atoms with van der Waals surface area (Å²) in [5.74, 6) is 0.00220. The van der Waals surface area contributed by atoms with E-state index in [4.69, 9.17) is 20.8 Å². The zero-order valence-corrected chi connectivity index (χ0v) is 20.0. The first kappa shape index (κ1) is 22.2. The van der Waals surface area contributed by atoms with E-state index in [0.717, 1.165) is 15.6 Å². The summed E-state index contributed by atoms with van der Waals surface area (Å²) in [4.78, 5) is 27.0. The largest absolute Gasteiger partial charge is 0.494 e. The molecular formula is C27H20ClNO4S. The lowest BCUT2D eigenvalue weighted by Gasteiger charge is -2.06. The number of ketones is 1. The number of thiophene rings is 1. The van der Waals surface area contributed by atoms with Crippen LogP contribution in [0.4, 0.5) is 5.69 Å². The number of ether oxygens (including phenoxy) is 1. The number of hydrogen-bond donors (Lipinski definition) is 1. The van der Waals surface area contributed by atoms with Crippen LogP contribution in [0.5, 0.6) is 5.75 Å². The van der Waals surface area contributed by atoms with Crippen LogP contribution in [0.15, 0.2) is 71.1 Å². The second kappa shape index (κ2) is 8.97. The van der Waals surface area contributed by atoms with Gasteiger partial charge in [-0.3, -0.25) is 9.59 Å². The lowest BCUT2D eigenvalue weighted by molar-refractivity contribution is 0.101. The van der Waals surface area contributed by atoms with Gasteiger partial charge in [0.05, 0.1) is 17.3 Å². The minimum atomic E-state index is -0.392. The molecule has 3 aromatic carbocycles. The van der Waals surface area contributed by atoms with E-state index in [-0.39, 0.29) is 11.5 Å². The van der Waals surface area contributed by atoms with Gasteiger partial charge < -0.3 is 14.5 Å². The number of rotatable bonds is 6. The quantitative estimate of drug-likeness (QED) is 0.251. The highest BCUT2D eigenvalue weighted by Crippen LogP contribution is 2.38. The van der Waals surface area contributed by atoms with Crippen LogP contribution in [-0.2, 0) is 0 Å². The highest BCUT2D eigenvalue weighted by atomic mass is 35.5. The number of benzene rings is 3. The Bertz CT molecular complexity index is 1550. The standard InChI is InChI=1S/C27H20ClNO4S/c1-3-32-17-11-9-16(10-12-17)24(30)25-23(18-6-4-5-7-20(18)33-25)29-27(31)26-22(28)19-13-8-15(2)14-21(19)34-26/h4-14H,3H2,1-2H3,(H,29,31). The fraction of sp³-hybridized carbons (Fsp3) is 0.111. The lowest BCUT2D eigenvalue weighted by atomic mass is 10.1. The van der Waals surface area contributed by atoms with Gasteiger partial charge in [0.1, 0.15) is 16.2 Å². The van der Waals surface area contributed by atoms with Crippen molar-refractivity contribution in [2.45, 2.75) is 13.8 Å². The Kier molecular flexibility index (Phi) is 5.86. The molecule has 5 aromatic rings. The molecule has 2 aromatic heterocycles. The van der Waals surface area contributed by atoms with Crippen LogP contribution in [0.3, 0.4) is 0 Å². The zero-order chi connectivity index (χ0) is 23.8. The van der Waals surface area contributed by atoms with Crippen LogP contribution in [0.1, 0.15) is 38.3 Å². The van der Waals surface area contributed by atoms with Crippen LogP contribution in [0, 0.1) is 6.92 Å². The molecule has 34 heavy (non-hydrogen) atoms. The molecule has 0 aliphatic rings. The Balaban J connectivity index is 1.54. The molecule has 2 heterocycles. The van der Waals surface area contributed by atoms with Gasteiger partial charge >= 0.3 is 0 Å². The number of amides is 1. The van der Waals surface area contributed by atoms with Gasteiger partial charge in [0.25, 0.3) is 5.91 Å². The molecule has 0 atom stereocenters. The fourth-order valence-corrected chi connectivity index (χ4v) is 5.33. The van der Waals surface area contributed by atoms with Crippen molar-refractivity contribution in [3.05, 3.63) is 93.5 Å². The Morgan fingerprint density at radius 2 is 1.79 bits per heavy atom. The van der Waals surface area contributed by atoms with E-state index in [0.29, 0.717) is 44.5 Å². The Morgan fingerprint density at radius 3 is 2.56 bits per heavy atom. The van der Waals surface area contributed by atoms with E-state index in [2.05, 4.69) is 5.32 Å². The predicted octanol–water partition coefficient (Wildman–Crippen LogP) is 7.49. The molecule has 0 unspecified atom stereocenters. The van der Waals surface area contributed by atoms with Gasteiger partial charge in [0.15, 0.2) is 5.76 Å². The van der Waals surface area contributed by atoms with Gasteiger partial charge in [-0.15, -0.1) is 11.3 Å². The summed E-state index contributed by atoms with van der Waals surface area (Å²) >= 11 is 7.87. The number of halogens is 1. The minimum absolute atomic E-state index is 0.0618. The molecule has 1 amide bonds. The van der Waals surface area contributed by atoms with Crippen molar-refractivity contribution in [3.63, 3.8) is 0 Å². The number of fused-ring (bicyclic) bond motifs is 2. The number of aryl methyl sites for hydroxylation is 1. The van der Waals surface area contributed by atoms with E-state index in [1.165, 1.54) is 11.3 Å². The highest BCUT2D eigenvalue weighted by molar-refractivity contribution is 7.21. The van der Waals surface area contributed by atoms with E-state index in [9.17, 15) is 9.59 Å². The maximum absolute atomic E-state index is 13.4. The third-order valence-corrected chi connectivity index (χ3v) is 7.11. The average Bonchev–Trinajstić information content (AvgIpc) is 3.37. The number of furan rings is 1. The summed E-state index contributed by atoms with van der Waals surface area (Å²) < 4.78 is 12.3. The van der Waals surface area contributed by atoms with Crippen LogP contribution >= 0.6 is 22.9 Å². The van der Waals surface area contributed by atoms with Crippen molar-refractivity contribution in [2.75, 3.05) is 11.9 Å². The molecule has 0 aliphatic heterocycles. The second-order valence-electron chi connectivity index (χ2n) is 7.79. The molecule has 170 valence electrons. The van der Waals surface area contributed by atoms with E-state index >= 15 is 0 Å². The normalized spacial score (nSPS) is 11.1. The molecule has 1 N–H and O–H groups in total. The number of anilines is 1. The molecular weight excluding hydrogens is 470 g/mol. The molecule has 0 saturated carbocycles. The van der Waals surface area contributed by atoms with Gasteiger partial charge in [-0.1, -0.05) is 35.9 Å². The number of hydrogen-bond acceptors (Lipinski definition) is 5. The molecule has 5 nitrogen and oxygen atoms in total. The van der Waals surface area contributed by atoms with E-state index in [1.807, 2.05) is 44.2 Å². The van der Waals surface area contributed by atoms with E-state index in [1.54, 1.807) is 36.4 Å². The molecule has 7 heteroatoms. The molecule has 0 bridgehead atoms. The number of carbonyl (C=O) groups is 2. The molecule has 5 rings (SSSR count). The second-order valence-corrected chi connectivity index (χ2v) is 9.22. The van der Waals surface area contributed by atoms with Crippen LogP contribution in [-0.4, -0.2) is 18.3 Å². The molecule has 0 radical (unpaired) electrons. The SMILES string of the molecule is CCOc1ccc(C(=O)c2oc3ccccc3c2NC(=O)c2sc3cc(C)ccc3c2Cl)cc1.